The summed E-state index contributed by atoms with van der Waals surface area (Å²) in [6.45, 7) is 4.68. The second-order valence-electron chi connectivity index (χ2n) is 6.51. The molecule has 0 radical (unpaired) electrons. The third-order valence-corrected chi connectivity index (χ3v) is 7.29. The molecule has 2 aromatic carbocycles. The first-order valence-corrected chi connectivity index (χ1v) is 10.9. The third-order valence-electron chi connectivity index (χ3n) is 4.93. The van der Waals surface area contributed by atoms with Gasteiger partial charge in [-0.1, -0.05) is 25.4 Å². The van der Waals surface area contributed by atoms with Crippen molar-refractivity contribution in [1.82, 2.24) is 4.31 Å². The van der Waals surface area contributed by atoms with E-state index in [4.69, 9.17) is 11.6 Å². The molecule has 1 aliphatic heterocycles. The average Bonchev–Trinajstić information content (AvgIpc) is 3.11. The number of hydrogen-bond acceptors (Lipinski definition) is 5. The lowest BCUT2D eigenvalue weighted by atomic mass is 10.1. The molecule has 8 nitrogen and oxygen atoms in total. The zero-order valence-electron chi connectivity index (χ0n) is 16.0. The number of rotatable bonds is 6. The molecule has 0 atom stereocenters. The van der Waals surface area contributed by atoms with Crippen molar-refractivity contribution in [3.05, 3.63) is 62.7 Å². The Labute approximate surface area is 173 Å². The van der Waals surface area contributed by atoms with E-state index in [0.29, 0.717) is 31.7 Å². The van der Waals surface area contributed by atoms with Crippen molar-refractivity contribution >= 4 is 38.9 Å². The van der Waals surface area contributed by atoms with Crippen LogP contribution in [0.5, 0.6) is 0 Å². The van der Waals surface area contributed by atoms with Crippen LogP contribution in [-0.4, -0.2) is 43.2 Å². The fourth-order valence-corrected chi connectivity index (χ4v) is 5.16. The normalized spacial score (nSPS) is 13.6. The van der Waals surface area contributed by atoms with Crippen molar-refractivity contribution in [3.63, 3.8) is 0 Å². The number of halogens is 1. The molecule has 0 fully saturated rings. The quantitative estimate of drug-likeness (QED) is 0.508. The van der Waals surface area contributed by atoms with Gasteiger partial charge in [0, 0.05) is 37.5 Å². The maximum Gasteiger partial charge on any atom is 0.270 e. The first-order valence-electron chi connectivity index (χ1n) is 9.09. The van der Waals surface area contributed by atoms with E-state index in [-0.39, 0.29) is 27.1 Å². The summed E-state index contributed by atoms with van der Waals surface area (Å²) in [5.41, 5.74) is 1.33. The molecule has 0 spiro atoms. The first kappa shape index (κ1) is 21.2. The van der Waals surface area contributed by atoms with E-state index in [9.17, 15) is 23.3 Å². The third kappa shape index (κ3) is 3.85. The molecule has 0 aromatic heterocycles. The summed E-state index contributed by atoms with van der Waals surface area (Å²) >= 11 is 6.09. The highest BCUT2D eigenvalue weighted by Gasteiger charge is 2.30. The van der Waals surface area contributed by atoms with E-state index in [1.54, 1.807) is 26.0 Å². The molecule has 154 valence electrons. The number of anilines is 1. The molecule has 1 heterocycles. The molecule has 3 rings (SSSR count). The van der Waals surface area contributed by atoms with Gasteiger partial charge in [-0.3, -0.25) is 14.9 Å². The van der Waals surface area contributed by atoms with Crippen LogP contribution < -0.4 is 4.90 Å². The van der Waals surface area contributed by atoms with Gasteiger partial charge in [-0.15, -0.1) is 0 Å². The molecule has 1 aliphatic rings. The minimum absolute atomic E-state index is 0.00150. The van der Waals surface area contributed by atoms with Crippen LogP contribution in [0.1, 0.15) is 29.8 Å². The van der Waals surface area contributed by atoms with Crippen molar-refractivity contribution in [2.45, 2.75) is 25.2 Å². The molecule has 10 heteroatoms. The Balaban J connectivity index is 1.92. The number of nitro benzene ring substituents is 1. The van der Waals surface area contributed by atoms with Crippen molar-refractivity contribution in [1.29, 1.82) is 0 Å². The largest absolute Gasteiger partial charge is 0.308 e. The summed E-state index contributed by atoms with van der Waals surface area (Å²) in [7, 11) is -3.59. The number of non-ortho nitro benzene ring substituents is 1. The monoisotopic (exact) mass is 437 g/mol. The zero-order valence-corrected chi connectivity index (χ0v) is 17.5. The molecule has 29 heavy (non-hydrogen) atoms. The van der Waals surface area contributed by atoms with Crippen LogP contribution in [0, 0.1) is 10.1 Å². The summed E-state index contributed by atoms with van der Waals surface area (Å²) in [6.07, 6.45) is 0.507. The lowest BCUT2D eigenvalue weighted by molar-refractivity contribution is -0.384. The topological polar surface area (TPSA) is 101 Å². The van der Waals surface area contributed by atoms with Gasteiger partial charge in [0.05, 0.1) is 20.4 Å². The lowest BCUT2D eigenvalue weighted by Crippen LogP contribution is -2.31. The number of amides is 1. The Bertz CT molecular complexity index is 1080. The number of fused-ring (bicyclic) bond motifs is 1. The van der Waals surface area contributed by atoms with Gasteiger partial charge in [0.25, 0.3) is 11.6 Å². The van der Waals surface area contributed by atoms with Crippen molar-refractivity contribution in [2.24, 2.45) is 0 Å². The van der Waals surface area contributed by atoms with Gasteiger partial charge in [-0.2, -0.15) is 4.31 Å². The van der Waals surface area contributed by atoms with Crippen LogP contribution in [0.4, 0.5) is 11.4 Å². The minimum atomic E-state index is -3.59. The Morgan fingerprint density at radius 1 is 1.21 bits per heavy atom. The summed E-state index contributed by atoms with van der Waals surface area (Å²) < 4.78 is 26.8. The highest BCUT2D eigenvalue weighted by Crippen LogP contribution is 2.33. The van der Waals surface area contributed by atoms with E-state index < -0.39 is 14.9 Å². The zero-order chi connectivity index (χ0) is 21.3. The molecule has 0 aliphatic carbocycles. The summed E-state index contributed by atoms with van der Waals surface area (Å²) in [5, 5.41) is 10.9. The van der Waals surface area contributed by atoms with Gasteiger partial charge in [-0.25, -0.2) is 8.42 Å². The second kappa shape index (κ2) is 8.10. The average molecular weight is 438 g/mol. The Morgan fingerprint density at radius 2 is 1.90 bits per heavy atom. The van der Waals surface area contributed by atoms with Crippen LogP contribution in [0.25, 0.3) is 0 Å². The molecule has 0 saturated heterocycles. The predicted molar refractivity (Wildman–Crippen MR) is 110 cm³/mol. The van der Waals surface area contributed by atoms with Crippen LogP contribution in [-0.2, 0) is 16.4 Å². The maximum absolute atomic E-state index is 12.9. The second-order valence-corrected chi connectivity index (χ2v) is 8.85. The fourth-order valence-electron chi connectivity index (χ4n) is 3.40. The van der Waals surface area contributed by atoms with Crippen LogP contribution in [0.2, 0.25) is 5.02 Å². The summed E-state index contributed by atoms with van der Waals surface area (Å²) in [4.78, 5) is 24.9. The smallest absolute Gasteiger partial charge is 0.270 e. The van der Waals surface area contributed by atoms with Crippen LogP contribution in [0.3, 0.4) is 0 Å². The summed E-state index contributed by atoms with van der Waals surface area (Å²) in [6, 6.07) is 8.43. The van der Waals surface area contributed by atoms with Crippen LogP contribution >= 0.6 is 11.6 Å². The first-order chi connectivity index (χ1) is 13.7. The number of nitrogens with zero attached hydrogens (tertiary/aromatic N) is 3. The molecule has 0 bridgehead atoms. The number of sulfonamides is 1. The number of carbonyl (C=O) groups is 1. The van der Waals surface area contributed by atoms with E-state index in [1.807, 2.05) is 0 Å². The molecule has 0 unspecified atom stereocenters. The van der Waals surface area contributed by atoms with Crippen molar-refractivity contribution < 1.29 is 18.1 Å². The lowest BCUT2D eigenvalue weighted by Gasteiger charge is -2.20. The van der Waals surface area contributed by atoms with Gasteiger partial charge in [-0.05, 0) is 36.2 Å². The van der Waals surface area contributed by atoms with E-state index in [2.05, 4.69) is 0 Å². The van der Waals surface area contributed by atoms with Gasteiger partial charge in [0.1, 0.15) is 0 Å². The molecule has 0 N–H and O–H groups in total. The fraction of sp³-hybridized carbons (Fsp3) is 0.316. The number of benzene rings is 2. The Morgan fingerprint density at radius 3 is 2.48 bits per heavy atom. The molecular weight excluding hydrogens is 418 g/mol. The highest BCUT2D eigenvalue weighted by molar-refractivity contribution is 7.89. The van der Waals surface area contributed by atoms with Gasteiger partial charge in [0.2, 0.25) is 10.0 Å². The highest BCUT2D eigenvalue weighted by atomic mass is 35.5. The van der Waals surface area contributed by atoms with E-state index in [0.717, 1.165) is 11.6 Å². The summed E-state index contributed by atoms with van der Waals surface area (Å²) in [5.74, 6) is -0.386. The van der Waals surface area contributed by atoms with E-state index in [1.165, 1.54) is 27.4 Å². The van der Waals surface area contributed by atoms with Crippen molar-refractivity contribution in [2.75, 3.05) is 24.5 Å². The van der Waals surface area contributed by atoms with Crippen molar-refractivity contribution in [3.8, 4) is 0 Å². The molecular formula is C19H20ClN3O5S. The van der Waals surface area contributed by atoms with Gasteiger partial charge in [0.15, 0.2) is 0 Å². The van der Waals surface area contributed by atoms with Gasteiger partial charge < -0.3 is 4.90 Å². The maximum atomic E-state index is 12.9. The van der Waals surface area contributed by atoms with E-state index >= 15 is 0 Å². The molecule has 1 amide bonds. The van der Waals surface area contributed by atoms with Crippen LogP contribution in [0.15, 0.2) is 41.3 Å². The molecule has 2 aromatic rings. The number of hydrogen-bond donors (Lipinski definition) is 0. The van der Waals surface area contributed by atoms with Gasteiger partial charge >= 0.3 is 0 Å². The number of nitro groups is 1. The SMILES string of the molecule is CCN(CC)S(=O)(=O)c1ccc2c(c1)CCN2C(=O)c1ccc([N+](=O)[O-])cc1Cl. The predicted octanol–water partition coefficient (Wildman–Crippen LogP) is 3.48. The Kier molecular flexibility index (Phi) is 5.92. The number of carbonyl (C=O) groups excluding carboxylic acids is 1. The Hall–Kier alpha value is -2.49. The standard InChI is InChI=1S/C19H20ClN3O5S/c1-3-21(4-2)29(27,28)15-6-8-18-13(11-15)9-10-22(18)19(24)16-7-5-14(23(25)26)12-17(16)20/h5-8,11-12H,3-4,9-10H2,1-2H3. The minimum Gasteiger partial charge on any atom is -0.308 e. The molecule has 0 saturated carbocycles.